The van der Waals surface area contributed by atoms with Crippen molar-refractivity contribution in [1.29, 1.82) is 0 Å². The van der Waals surface area contributed by atoms with Gasteiger partial charge in [0, 0.05) is 4.47 Å². The molecule has 7 heteroatoms. The average Bonchev–Trinajstić information content (AvgIpc) is 2.46. The number of ether oxygens (including phenoxy) is 1. The highest BCUT2D eigenvalue weighted by Crippen LogP contribution is 2.27. The maximum absolute atomic E-state index is 11.9. The minimum atomic E-state index is -1.12. The van der Waals surface area contributed by atoms with Gasteiger partial charge < -0.3 is 15.2 Å². The van der Waals surface area contributed by atoms with Crippen molar-refractivity contribution in [3.63, 3.8) is 0 Å². The highest BCUT2D eigenvalue weighted by Gasteiger charge is 2.12. The van der Waals surface area contributed by atoms with Gasteiger partial charge in [0.25, 0.3) is 5.91 Å². The van der Waals surface area contributed by atoms with Gasteiger partial charge in [-0.15, -0.1) is 0 Å². The zero-order valence-electron chi connectivity index (χ0n) is 11.2. The lowest BCUT2D eigenvalue weighted by Gasteiger charge is -2.10. The standard InChI is InChI=1S/C15H11BrClNO4/c16-9-5-6-13(11(17)7-9)22-8-14(19)18-12-4-2-1-3-10(12)15(20)21/h1-7H,8H2,(H,18,19)(H,20,21). The molecule has 0 fully saturated rings. The van der Waals surface area contributed by atoms with Crippen LogP contribution in [0, 0.1) is 0 Å². The molecule has 0 bridgehead atoms. The number of hydrogen-bond acceptors (Lipinski definition) is 3. The maximum atomic E-state index is 11.9. The number of halogens is 2. The van der Waals surface area contributed by atoms with E-state index in [9.17, 15) is 9.59 Å². The molecule has 0 aliphatic heterocycles. The van der Waals surface area contributed by atoms with Gasteiger partial charge in [-0.25, -0.2) is 4.79 Å². The second-order valence-electron chi connectivity index (χ2n) is 4.26. The van der Waals surface area contributed by atoms with E-state index < -0.39 is 11.9 Å². The fourth-order valence-corrected chi connectivity index (χ4v) is 2.43. The molecule has 0 heterocycles. The van der Waals surface area contributed by atoms with Gasteiger partial charge in [0.05, 0.1) is 16.3 Å². The number of carboxylic acid groups (broad SMARTS) is 1. The van der Waals surface area contributed by atoms with E-state index in [1.54, 1.807) is 30.3 Å². The fraction of sp³-hybridized carbons (Fsp3) is 0.0667. The van der Waals surface area contributed by atoms with Crippen LogP contribution < -0.4 is 10.1 Å². The highest BCUT2D eigenvalue weighted by molar-refractivity contribution is 9.10. The number of para-hydroxylation sites is 1. The lowest BCUT2D eigenvalue weighted by atomic mass is 10.2. The molecule has 0 radical (unpaired) electrons. The number of carbonyl (C=O) groups excluding carboxylic acids is 1. The molecule has 0 aromatic heterocycles. The number of nitrogens with one attached hydrogen (secondary N) is 1. The first-order valence-electron chi connectivity index (χ1n) is 6.17. The Labute approximate surface area is 140 Å². The molecule has 0 unspecified atom stereocenters. The lowest BCUT2D eigenvalue weighted by Crippen LogP contribution is -2.21. The van der Waals surface area contributed by atoms with E-state index in [2.05, 4.69) is 21.2 Å². The van der Waals surface area contributed by atoms with E-state index >= 15 is 0 Å². The van der Waals surface area contributed by atoms with Crippen LogP contribution in [0.5, 0.6) is 5.75 Å². The van der Waals surface area contributed by atoms with E-state index in [1.165, 1.54) is 12.1 Å². The van der Waals surface area contributed by atoms with Crippen LogP contribution in [0.3, 0.4) is 0 Å². The molecule has 2 aromatic rings. The summed E-state index contributed by atoms with van der Waals surface area (Å²) >= 11 is 9.24. The first-order chi connectivity index (χ1) is 10.5. The molecule has 0 saturated carbocycles. The Morgan fingerprint density at radius 1 is 1.23 bits per heavy atom. The summed E-state index contributed by atoms with van der Waals surface area (Å²) in [6, 6.07) is 11.1. The monoisotopic (exact) mass is 383 g/mol. The number of anilines is 1. The number of aromatic carboxylic acids is 1. The number of amides is 1. The van der Waals surface area contributed by atoms with Crippen molar-refractivity contribution in [1.82, 2.24) is 0 Å². The summed E-state index contributed by atoms with van der Waals surface area (Å²) < 4.78 is 6.11. The van der Waals surface area contributed by atoms with Crippen molar-refractivity contribution in [2.45, 2.75) is 0 Å². The predicted octanol–water partition coefficient (Wildman–Crippen LogP) is 3.82. The molecule has 2 rings (SSSR count). The van der Waals surface area contributed by atoms with Crippen molar-refractivity contribution in [2.24, 2.45) is 0 Å². The van der Waals surface area contributed by atoms with Crippen LogP contribution >= 0.6 is 27.5 Å². The Kier molecular flexibility index (Phi) is 5.41. The number of hydrogen-bond donors (Lipinski definition) is 2. The first-order valence-corrected chi connectivity index (χ1v) is 7.34. The molecule has 2 aromatic carbocycles. The number of benzene rings is 2. The number of carbonyl (C=O) groups is 2. The minimum Gasteiger partial charge on any atom is -0.482 e. The Bertz CT molecular complexity index is 720. The average molecular weight is 385 g/mol. The first kappa shape index (κ1) is 16.3. The van der Waals surface area contributed by atoms with E-state index in [0.717, 1.165) is 4.47 Å². The van der Waals surface area contributed by atoms with Gasteiger partial charge in [-0.3, -0.25) is 4.79 Å². The molecule has 2 N–H and O–H groups in total. The van der Waals surface area contributed by atoms with Crippen LogP contribution in [0.1, 0.15) is 10.4 Å². The molecule has 0 saturated heterocycles. The summed E-state index contributed by atoms with van der Waals surface area (Å²) in [5.74, 6) is -1.23. The van der Waals surface area contributed by atoms with Gasteiger partial charge in [0.2, 0.25) is 0 Å². The number of rotatable bonds is 5. The van der Waals surface area contributed by atoms with Gasteiger partial charge in [0.15, 0.2) is 6.61 Å². The molecule has 1 amide bonds. The summed E-state index contributed by atoms with van der Waals surface area (Å²) in [5, 5.41) is 11.9. The third kappa shape index (κ3) is 4.22. The van der Waals surface area contributed by atoms with Gasteiger partial charge >= 0.3 is 5.97 Å². The fourth-order valence-electron chi connectivity index (χ4n) is 1.70. The lowest BCUT2D eigenvalue weighted by molar-refractivity contribution is -0.118. The Morgan fingerprint density at radius 3 is 2.64 bits per heavy atom. The van der Waals surface area contributed by atoms with Gasteiger partial charge in [0.1, 0.15) is 5.75 Å². The van der Waals surface area contributed by atoms with Crippen molar-refractivity contribution >= 4 is 45.1 Å². The van der Waals surface area contributed by atoms with Crippen LogP contribution in [0.2, 0.25) is 5.02 Å². The molecule has 0 aliphatic rings. The summed E-state index contributed by atoms with van der Waals surface area (Å²) in [6.07, 6.45) is 0. The second-order valence-corrected chi connectivity index (χ2v) is 5.59. The normalized spacial score (nSPS) is 10.1. The molecular formula is C15H11BrClNO4. The van der Waals surface area contributed by atoms with Crippen molar-refractivity contribution in [3.05, 3.63) is 57.5 Å². The summed E-state index contributed by atoms with van der Waals surface area (Å²) in [7, 11) is 0. The predicted molar refractivity (Wildman–Crippen MR) is 86.7 cm³/mol. The van der Waals surface area contributed by atoms with E-state index in [1.807, 2.05) is 0 Å². The zero-order chi connectivity index (χ0) is 16.1. The van der Waals surface area contributed by atoms with Crippen molar-refractivity contribution in [2.75, 3.05) is 11.9 Å². The van der Waals surface area contributed by atoms with E-state index in [-0.39, 0.29) is 17.9 Å². The maximum Gasteiger partial charge on any atom is 0.337 e. The van der Waals surface area contributed by atoms with Gasteiger partial charge in [-0.2, -0.15) is 0 Å². The minimum absolute atomic E-state index is 0.0116. The van der Waals surface area contributed by atoms with Crippen LogP contribution in [0.15, 0.2) is 46.9 Å². The topological polar surface area (TPSA) is 75.6 Å². The Balaban J connectivity index is 2.00. The molecular weight excluding hydrogens is 374 g/mol. The largest absolute Gasteiger partial charge is 0.482 e. The Morgan fingerprint density at radius 2 is 1.95 bits per heavy atom. The zero-order valence-corrected chi connectivity index (χ0v) is 13.5. The number of carboxylic acids is 1. The summed E-state index contributed by atoms with van der Waals surface area (Å²) in [5.41, 5.74) is 0.225. The summed E-state index contributed by atoms with van der Waals surface area (Å²) in [4.78, 5) is 22.9. The summed E-state index contributed by atoms with van der Waals surface area (Å²) in [6.45, 7) is -0.282. The third-order valence-electron chi connectivity index (χ3n) is 2.68. The third-order valence-corrected chi connectivity index (χ3v) is 3.47. The van der Waals surface area contributed by atoms with E-state index in [0.29, 0.717) is 10.8 Å². The highest BCUT2D eigenvalue weighted by atomic mass is 79.9. The molecule has 114 valence electrons. The SMILES string of the molecule is O=C(COc1ccc(Br)cc1Cl)Nc1ccccc1C(=O)O. The van der Waals surface area contributed by atoms with Crippen LogP contribution in [-0.2, 0) is 4.79 Å². The van der Waals surface area contributed by atoms with Crippen LogP contribution in [0.25, 0.3) is 0 Å². The van der Waals surface area contributed by atoms with Crippen molar-refractivity contribution < 1.29 is 19.4 Å². The smallest absolute Gasteiger partial charge is 0.337 e. The molecule has 0 spiro atoms. The molecule has 22 heavy (non-hydrogen) atoms. The quantitative estimate of drug-likeness (QED) is 0.822. The van der Waals surface area contributed by atoms with Crippen LogP contribution in [0.4, 0.5) is 5.69 Å². The molecule has 0 atom stereocenters. The van der Waals surface area contributed by atoms with E-state index in [4.69, 9.17) is 21.4 Å². The second kappa shape index (κ2) is 7.29. The molecule has 0 aliphatic carbocycles. The van der Waals surface area contributed by atoms with Crippen molar-refractivity contribution in [3.8, 4) is 5.75 Å². The Hall–Kier alpha value is -2.05. The van der Waals surface area contributed by atoms with Crippen LogP contribution in [-0.4, -0.2) is 23.6 Å². The van der Waals surface area contributed by atoms with Gasteiger partial charge in [-0.05, 0) is 30.3 Å². The van der Waals surface area contributed by atoms with Gasteiger partial charge in [-0.1, -0.05) is 39.7 Å². The molecule has 5 nitrogen and oxygen atoms in total.